The van der Waals surface area contributed by atoms with Crippen LogP contribution in [0.4, 0.5) is 0 Å². The van der Waals surface area contributed by atoms with Crippen LogP contribution < -0.4 is 0 Å². The molecule has 0 radical (unpaired) electrons. The number of carbonyl (C=O) groups excluding carboxylic acids is 1. The number of aliphatic hydroxyl groups is 1. The van der Waals surface area contributed by atoms with Crippen molar-refractivity contribution in [2.45, 2.75) is 12.5 Å². The molecule has 0 aliphatic carbocycles. The van der Waals surface area contributed by atoms with Crippen molar-refractivity contribution in [3.05, 3.63) is 72.4 Å². The molecule has 3 aromatic rings. The van der Waals surface area contributed by atoms with Gasteiger partial charge in [0.05, 0.1) is 11.7 Å². The minimum atomic E-state index is -0.546. The average molecular weight is 361 g/mol. The largest absolute Gasteiger partial charge is 0.391 e. The molecular formula is C20H19N5O2. The molecule has 2 unspecified atom stereocenters. The molecule has 3 aromatic heterocycles. The third kappa shape index (κ3) is 3.83. The molecular weight excluding hydrogens is 342 g/mol. The highest BCUT2D eigenvalue weighted by molar-refractivity contribution is 5.94. The summed E-state index contributed by atoms with van der Waals surface area (Å²) in [6, 6.07) is 9.36. The third-order valence-electron chi connectivity index (χ3n) is 4.73. The molecule has 1 saturated heterocycles. The molecule has 7 nitrogen and oxygen atoms in total. The van der Waals surface area contributed by atoms with Gasteiger partial charge in [0.2, 0.25) is 0 Å². The van der Waals surface area contributed by atoms with E-state index in [0.717, 1.165) is 5.56 Å². The van der Waals surface area contributed by atoms with E-state index >= 15 is 0 Å². The highest BCUT2D eigenvalue weighted by Gasteiger charge is 2.34. The zero-order chi connectivity index (χ0) is 18.6. The fourth-order valence-corrected chi connectivity index (χ4v) is 3.29. The summed E-state index contributed by atoms with van der Waals surface area (Å²) in [7, 11) is 0. The van der Waals surface area contributed by atoms with Crippen LogP contribution in [-0.2, 0) is 6.42 Å². The van der Waals surface area contributed by atoms with Crippen LogP contribution in [0.3, 0.4) is 0 Å². The fraction of sp³-hybridized carbons (Fsp3) is 0.250. The van der Waals surface area contributed by atoms with E-state index in [4.69, 9.17) is 0 Å². The summed E-state index contributed by atoms with van der Waals surface area (Å²) >= 11 is 0. The Labute approximate surface area is 156 Å². The van der Waals surface area contributed by atoms with Gasteiger partial charge >= 0.3 is 0 Å². The van der Waals surface area contributed by atoms with Crippen LogP contribution in [0.25, 0.3) is 11.5 Å². The first-order valence-electron chi connectivity index (χ1n) is 8.80. The molecule has 0 saturated carbocycles. The molecule has 4 heterocycles. The Morgan fingerprint density at radius 1 is 1.04 bits per heavy atom. The van der Waals surface area contributed by atoms with Gasteiger partial charge in [-0.1, -0.05) is 6.07 Å². The van der Waals surface area contributed by atoms with Crippen LogP contribution in [-0.4, -0.2) is 55.0 Å². The first-order valence-corrected chi connectivity index (χ1v) is 8.80. The highest BCUT2D eigenvalue weighted by Crippen LogP contribution is 2.23. The molecule has 2 atom stereocenters. The van der Waals surface area contributed by atoms with Crippen molar-refractivity contribution in [3.8, 4) is 11.5 Å². The van der Waals surface area contributed by atoms with Crippen molar-refractivity contribution in [1.82, 2.24) is 24.8 Å². The molecule has 0 aromatic carbocycles. The molecule has 1 aliphatic rings. The number of nitrogens with zero attached hydrogens (tertiary/aromatic N) is 5. The summed E-state index contributed by atoms with van der Waals surface area (Å²) < 4.78 is 0. The van der Waals surface area contributed by atoms with E-state index in [9.17, 15) is 9.90 Å². The van der Waals surface area contributed by atoms with Gasteiger partial charge in [-0.15, -0.1) is 0 Å². The summed E-state index contributed by atoms with van der Waals surface area (Å²) in [5.41, 5.74) is 2.17. The second-order valence-corrected chi connectivity index (χ2v) is 6.61. The quantitative estimate of drug-likeness (QED) is 0.759. The molecule has 0 spiro atoms. The molecule has 0 bridgehead atoms. The number of likely N-dealkylation sites (tertiary alicyclic amines) is 1. The lowest BCUT2D eigenvalue weighted by atomic mass is 9.97. The lowest BCUT2D eigenvalue weighted by molar-refractivity contribution is 0.0764. The van der Waals surface area contributed by atoms with E-state index in [2.05, 4.69) is 19.9 Å². The molecule has 27 heavy (non-hydrogen) atoms. The third-order valence-corrected chi connectivity index (χ3v) is 4.73. The van der Waals surface area contributed by atoms with Gasteiger partial charge < -0.3 is 10.0 Å². The van der Waals surface area contributed by atoms with Gasteiger partial charge in [0.15, 0.2) is 5.82 Å². The van der Waals surface area contributed by atoms with Crippen LogP contribution in [0.5, 0.6) is 0 Å². The van der Waals surface area contributed by atoms with Crippen LogP contribution in [0.15, 0.2) is 61.3 Å². The predicted octanol–water partition coefficient (Wildman–Crippen LogP) is 1.61. The normalized spacial score (nSPS) is 19.2. The van der Waals surface area contributed by atoms with Crippen molar-refractivity contribution in [1.29, 1.82) is 0 Å². The van der Waals surface area contributed by atoms with E-state index in [1.165, 1.54) is 12.4 Å². The summed E-state index contributed by atoms with van der Waals surface area (Å²) in [6.45, 7) is 0.820. The first kappa shape index (κ1) is 17.2. The Morgan fingerprint density at radius 3 is 2.52 bits per heavy atom. The van der Waals surface area contributed by atoms with Gasteiger partial charge in [0.1, 0.15) is 5.69 Å². The number of aromatic nitrogens is 4. The number of β-amino-alcohol motifs (C(OH)–C–C–N with tert-alkyl or cyclic N) is 1. The number of carbonyl (C=O) groups is 1. The molecule has 1 N–H and O–H groups in total. The monoisotopic (exact) mass is 361 g/mol. The lowest BCUT2D eigenvalue weighted by Gasteiger charge is -2.16. The second kappa shape index (κ2) is 7.59. The van der Waals surface area contributed by atoms with Crippen molar-refractivity contribution >= 4 is 5.91 Å². The SMILES string of the molecule is O=C(c1cnc(-c2ccccn2)nc1)N1CC(O)C(Cc2ccncc2)C1. The van der Waals surface area contributed by atoms with Crippen molar-refractivity contribution in [2.24, 2.45) is 5.92 Å². The van der Waals surface area contributed by atoms with Crippen LogP contribution in [0.1, 0.15) is 15.9 Å². The van der Waals surface area contributed by atoms with Crippen molar-refractivity contribution in [3.63, 3.8) is 0 Å². The molecule has 4 rings (SSSR count). The Kier molecular flexibility index (Phi) is 4.84. The first-order chi connectivity index (χ1) is 13.2. The van der Waals surface area contributed by atoms with Gasteiger partial charge in [-0.05, 0) is 36.2 Å². The Morgan fingerprint density at radius 2 is 1.81 bits per heavy atom. The molecule has 1 fully saturated rings. The number of hydrogen-bond acceptors (Lipinski definition) is 6. The Hall–Kier alpha value is -3.19. The Bertz CT molecular complexity index is 903. The summed E-state index contributed by atoms with van der Waals surface area (Å²) in [5.74, 6) is 0.313. The van der Waals surface area contributed by atoms with E-state index in [0.29, 0.717) is 36.6 Å². The van der Waals surface area contributed by atoms with Crippen molar-refractivity contribution < 1.29 is 9.90 Å². The van der Waals surface area contributed by atoms with E-state index in [1.54, 1.807) is 23.5 Å². The summed E-state index contributed by atoms with van der Waals surface area (Å²) in [4.78, 5) is 31.1. The summed E-state index contributed by atoms with van der Waals surface area (Å²) in [5, 5.41) is 10.4. The second-order valence-electron chi connectivity index (χ2n) is 6.61. The topological polar surface area (TPSA) is 92.1 Å². The van der Waals surface area contributed by atoms with E-state index in [-0.39, 0.29) is 11.8 Å². The van der Waals surface area contributed by atoms with Gasteiger partial charge in [-0.25, -0.2) is 9.97 Å². The lowest BCUT2D eigenvalue weighted by Crippen LogP contribution is -2.29. The highest BCUT2D eigenvalue weighted by atomic mass is 16.3. The number of pyridine rings is 2. The van der Waals surface area contributed by atoms with E-state index < -0.39 is 6.10 Å². The van der Waals surface area contributed by atoms with Gasteiger partial charge in [0, 0.05) is 50.0 Å². The van der Waals surface area contributed by atoms with Crippen molar-refractivity contribution in [2.75, 3.05) is 13.1 Å². The van der Waals surface area contributed by atoms with Crippen LogP contribution in [0.2, 0.25) is 0 Å². The number of hydrogen-bond donors (Lipinski definition) is 1. The predicted molar refractivity (Wildman–Crippen MR) is 98.6 cm³/mol. The maximum absolute atomic E-state index is 12.7. The molecule has 7 heteroatoms. The standard InChI is InChI=1S/C20H19N5O2/c26-18-13-25(12-15(18)9-14-4-7-21-8-5-14)20(27)16-10-23-19(24-11-16)17-3-1-2-6-22-17/h1-8,10-11,15,18,26H,9,12-13H2. The number of amides is 1. The number of aliphatic hydroxyl groups excluding tert-OH is 1. The minimum Gasteiger partial charge on any atom is -0.391 e. The van der Waals surface area contributed by atoms with Crippen LogP contribution in [0, 0.1) is 5.92 Å². The van der Waals surface area contributed by atoms with Gasteiger partial charge in [-0.3, -0.25) is 14.8 Å². The maximum atomic E-state index is 12.7. The zero-order valence-corrected chi connectivity index (χ0v) is 14.6. The van der Waals surface area contributed by atoms with Crippen LogP contribution >= 0.6 is 0 Å². The summed E-state index contributed by atoms with van der Waals surface area (Å²) in [6.07, 6.45) is 8.34. The molecule has 1 amide bonds. The average Bonchev–Trinajstić information content (AvgIpc) is 3.09. The Balaban J connectivity index is 1.44. The molecule has 136 valence electrons. The number of rotatable bonds is 4. The smallest absolute Gasteiger partial charge is 0.257 e. The fourth-order valence-electron chi connectivity index (χ4n) is 3.29. The molecule has 1 aliphatic heterocycles. The van der Waals surface area contributed by atoms with Gasteiger partial charge in [0.25, 0.3) is 5.91 Å². The zero-order valence-electron chi connectivity index (χ0n) is 14.6. The maximum Gasteiger partial charge on any atom is 0.257 e. The van der Waals surface area contributed by atoms with Gasteiger partial charge in [-0.2, -0.15) is 0 Å². The van der Waals surface area contributed by atoms with E-state index in [1.807, 2.05) is 30.3 Å². The minimum absolute atomic E-state index is 0.00469.